The van der Waals surface area contributed by atoms with Crippen molar-refractivity contribution in [2.24, 2.45) is 0 Å². The molecule has 7 nitrogen and oxygen atoms in total. The Balaban J connectivity index is 1.39. The first-order valence-corrected chi connectivity index (χ1v) is 8.78. The molecule has 0 radical (unpaired) electrons. The van der Waals surface area contributed by atoms with E-state index in [1.54, 1.807) is 18.3 Å². The topological polar surface area (TPSA) is 62.9 Å². The summed E-state index contributed by atoms with van der Waals surface area (Å²) in [5.41, 5.74) is 0.310. The highest BCUT2D eigenvalue weighted by Gasteiger charge is 2.28. The summed E-state index contributed by atoms with van der Waals surface area (Å²) < 4.78 is 2.73. The normalized spacial score (nSPS) is 20.1. The van der Waals surface area contributed by atoms with E-state index >= 15 is 0 Å². The van der Waals surface area contributed by atoms with Gasteiger partial charge in [-0.3, -0.25) is 14.1 Å². The molecule has 0 N–H and O–H groups in total. The number of hydrogen-bond acceptors (Lipinski definition) is 4. The minimum absolute atomic E-state index is 0.0178. The van der Waals surface area contributed by atoms with E-state index in [-0.39, 0.29) is 18.1 Å². The third kappa shape index (κ3) is 2.84. The fourth-order valence-corrected chi connectivity index (χ4v) is 3.91. The lowest BCUT2D eigenvalue weighted by Gasteiger charge is -2.38. The molecule has 0 unspecified atom stereocenters. The molecule has 3 heterocycles. The number of carbonyl (C=O) groups is 1. The summed E-state index contributed by atoms with van der Waals surface area (Å²) in [5, 5.41) is 4.23. The molecule has 1 amide bonds. The summed E-state index contributed by atoms with van der Waals surface area (Å²) in [6, 6.07) is 6.09. The summed E-state index contributed by atoms with van der Waals surface area (Å²) in [5.74, 6) is -0.0217. The van der Waals surface area contributed by atoms with Gasteiger partial charge in [0.2, 0.25) is 5.91 Å². The first kappa shape index (κ1) is 15.4. The van der Waals surface area contributed by atoms with Crippen molar-refractivity contribution >= 4 is 11.6 Å². The number of pyridine rings is 1. The van der Waals surface area contributed by atoms with E-state index in [2.05, 4.69) is 10.00 Å². The fourth-order valence-electron chi connectivity index (χ4n) is 3.91. The summed E-state index contributed by atoms with van der Waals surface area (Å²) in [4.78, 5) is 29.2. The minimum Gasteiger partial charge on any atom is -0.339 e. The highest BCUT2D eigenvalue weighted by atomic mass is 16.2. The molecule has 0 spiro atoms. The molecule has 1 aliphatic heterocycles. The molecule has 4 rings (SSSR count). The molecule has 0 aromatic carbocycles. The van der Waals surface area contributed by atoms with Gasteiger partial charge in [0.05, 0.1) is 0 Å². The zero-order valence-corrected chi connectivity index (χ0v) is 13.8. The largest absolute Gasteiger partial charge is 0.350 e. The third-order valence-electron chi connectivity index (χ3n) is 5.28. The molecular weight excluding hydrogens is 306 g/mol. The van der Waals surface area contributed by atoms with Crippen LogP contribution in [0.15, 0.2) is 29.2 Å². The molecule has 0 atom stereocenters. The molecular formula is C17H23N5O2. The Hall–Kier alpha value is -2.15. The Bertz CT molecular complexity index is 782. The SMILES string of the molecule is O=C(Cn1nc2ccccn2c1=O)N1CCN(C2CCCC2)CC1. The van der Waals surface area contributed by atoms with Crippen molar-refractivity contribution in [1.82, 2.24) is 24.0 Å². The third-order valence-corrected chi connectivity index (χ3v) is 5.28. The van der Waals surface area contributed by atoms with Gasteiger partial charge >= 0.3 is 5.69 Å². The van der Waals surface area contributed by atoms with Crippen LogP contribution in [0, 0.1) is 0 Å². The number of amides is 1. The number of fused-ring (bicyclic) bond motifs is 1. The van der Waals surface area contributed by atoms with Gasteiger partial charge in [-0.2, -0.15) is 0 Å². The first-order valence-electron chi connectivity index (χ1n) is 8.78. The molecule has 7 heteroatoms. The van der Waals surface area contributed by atoms with E-state index in [9.17, 15) is 9.59 Å². The van der Waals surface area contributed by atoms with Gasteiger partial charge < -0.3 is 4.90 Å². The van der Waals surface area contributed by atoms with E-state index < -0.39 is 0 Å². The van der Waals surface area contributed by atoms with Gasteiger partial charge in [0, 0.05) is 38.4 Å². The van der Waals surface area contributed by atoms with Crippen LogP contribution in [0.5, 0.6) is 0 Å². The van der Waals surface area contributed by atoms with Crippen LogP contribution in [0.2, 0.25) is 0 Å². The number of carbonyl (C=O) groups excluding carboxylic acids is 1. The van der Waals surface area contributed by atoms with E-state index in [1.165, 1.54) is 34.8 Å². The van der Waals surface area contributed by atoms with E-state index in [4.69, 9.17) is 0 Å². The van der Waals surface area contributed by atoms with Gasteiger partial charge in [-0.15, -0.1) is 5.10 Å². The van der Waals surface area contributed by atoms with Crippen LogP contribution < -0.4 is 5.69 Å². The maximum atomic E-state index is 12.5. The fraction of sp³-hybridized carbons (Fsp3) is 0.588. The van der Waals surface area contributed by atoms with Crippen LogP contribution in [0.25, 0.3) is 5.65 Å². The van der Waals surface area contributed by atoms with Crippen molar-refractivity contribution in [2.75, 3.05) is 26.2 Å². The standard InChI is InChI=1S/C17H23N5O2/c23-16(13-22-17(24)21-8-4-3-7-15(21)18-22)20-11-9-19(10-12-20)14-5-1-2-6-14/h3-4,7-8,14H,1-2,5-6,9-13H2. The van der Waals surface area contributed by atoms with Crippen molar-refractivity contribution in [1.29, 1.82) is 0 Å². The van der Waals surface area contributed by atoms with Crippen LogP contribution >= 0.6 is 0 Å². The number of aromatic nitrogens is 3. The molecule has 2 aromatic heterocycles. The molecule has 1 saturated heterocycles. The minimum atomic E-state index is -0.261. The summed E-state index contributed by atoms with van der Waals surface area (Å²) in [6.45, 7) is 3.39. The van der Waals surface area contributed by atoms with Crippen LogP contribution in [-0.2, 0) is 11.3 Å². The second-order valence-electron chi connectivity index (χ2n) is 6.72. The maximum absolute atomic E-state index is 12.5. The molecule has 24 heavy (non-hydrogen) atoms. The Morgan fingerprint density at radius 2 is 1.88 bits per heavy atom. The van der Waals surface area contributed by atoms with Gasteiger partial charge in [-0.1, -0.05) is 18.9 Å². The van der Waals surface area contributed by atoms with Gasteiger partial charge in [-0.05, 0) is 25.0 Å². The van der Waals surface area contributed by atoms with E-state index in [0.717, 1.165) is 26.2 Å². The van der Waals surface area contributed by atoms with E-state index in [1.807, 2.05) is 11.0 Å². The van der Waals surface area contributed by atoms with E-state index in [0.29, 0.717) is 11.7 Å². The molecule has 0 bridgehead atoms. The quantitative estimate of drug-likeness (QED) is 0.826. The number of piperazine rings is 1. The lowest BCUT2D eigenvalue weighted by molar-refractivity contribution is -0.134. The lowest BCUT2D eigenvalue weighted by Crippen LogP contribution is -2.52. The second kappa shape index (κ2) is 6.39. The average molecular weight is 329 g/mol. The molecule has 1 aliphatic carbocycles. The van der Waals surface area contributed by atoms with Crippen LogP contribution in [-0.4, -0.2) is 62.1 Å². The lowest BCUT2D eigenvalue weighted by atomic mass is 10.2. The second-order valence-corrected chi connectivity index (χ2v) is 6.72. The summed E-state index contributed by atoms with van der Waals surface area (Å²) in [7, 11) is 0. The Morgan fingerprint density at radius 3 is 2.58 bits per heavy atom. The highest BCUT2D eigenvalue weighted by Crippen LogP contribution is 2.24. The summed E-state index contributed by atoms with van der Waals surface area (Å²) in [6.07, 6.45) is 6.93. The zero-order valence-electron chi connectivity index (χ0n) is 13.8. The Morgan fingerprint density at radius 1 is 1.12 bits per heavy atom. The Kier molecular flexibility index (Phi) is 4.10. The monoisotopic (exact) mass is 329 g/mol. The van der Waals surface area contributed by atoms with Crippen molar-refractivity contribution in [2.45, 2.75) is 38.3 Å². The van der Waals surface area contributed by atoms with Crippen LogP contribution in [0.1, 0.15) is 25.7 Å². The van der Waals surface area contributed by atoms with Crippen molar-refractivity contribution in [3.8, 4) is 0 Å². The molecule has 2 aliphatic rings. The molecule has 1 saturated carbocycles. The smallest absolute Gasteiger partial charge is 0.339 e. The first-order chi connectivity index (χ1) is 11.7. The van der Waals surface area contributed by atoms with Crippen molar-refractivity contribution in [3.63, 3.8) is 0 Å². The zero-order chi connectivity index (χ0) is 16.5. The number of hydrogen-bond donors (Lipinski definition) is 0. The van der Waals surface area contributed by atoms with Gasteiger partial charge in [0.15, 0.2) is 5.65 Å². The molecule has 2 fully saturated rings. The van der Waals surface area contributed by atoms with Gasteiger partial charge in [0.1, 0.15) is 6.54 Å². The van der Waals surface area contributed by atoms with Crippen molar-refractivity contribution in [3.05, 3.63) is 34.9 Å². The van der Waals surface area contributed by atoms with Gasteiger partial charge in [-0.25, -0.2) is 9.48 Å². The number of nitrogens with zero attached hydrogens (tertiary/aromatic N) is 5. The van der Waals surface area contributed by atoms with Gasteiger partial charge in [0.25, 0.3) is 0 Å². The highest BCUT2D eigenvalue weighted by molar-refractivity contribution is 5.76. The van der Waals surface area contributed by atoms with Crippen molar-refractivity contribution < 1.29 is 4.79 Å². The van der Waals surface area contributed by atoms with Crippen LogP contribution in [0.3, 0.4) is 0 Å². The predicted octanol–water partition coefficient (Wildman–Crippen LogP) is 0.583. The molecule has 2 aromatic rings. The summed E-state index contributed by atoms with van der Waals surface area (Å²) >= 11 is 0. The number of rotatable bonds is 3. The van der Waals surface area contributed by atoms with Crippen LogP contribution in [0.4, 0.5) is 0 Å². The predicted molar refractivity (Wildman–Crippen MR) is 89.9 cm³/mol. The Labute approximate surface area is 140 Å². The average Bonchev–Trinajstić information content (AvgIpc) is 3.25. The maximum Gasteiger partial charge on any atom is 0.350 e. The molecule has 128 valence electrons.